The first-order valence-electron chi connectivity index (χ1n) is 16.6. The number of rotatable bonds is 5. The number of anilines is 3. The van der Waals surface area contributed by atoms with Gasteiger partial charge in [-0.25, -0.2) is 0 Å². The molecule has 0 bridgehead atoms. The standard InChI is InChI=1S/C46H29NOS/c1-3-12-30(13-4-1)31-22-24-33(25-23-31)47(34-26-27-37-36-17-9-10-21-43(36)49-44(37)28-34)41-20-11-19-39-45-38-18-8-7-16-35(38)40(29-42(45)48-46(39)41)32-14-5-2-6-15-32/h1-29H. The first kappa shape index (κ1) is 27.9. The summed E-state index contributed by atoms with van der Waals surface area (Å²) in [5.41, 5.74) is 9.67. The summed E-state index contributed by atoms with van der Waals surface area (Å²) in [5.74, 6) is 0. The topological polar surface area (TPSA) is 16.4 Å². The van der Waals surface area contributed by atoms with Gasteiger partial charge in [0.2, 0.25) is 0 Å². The lowest BCUT2D eigenvalue weighted by Crippen LogP contribution is -2.10. The summed E-state index contributed by atoms with van der Waals surface area (Å²) in [6.07, 6.45) is 0. The average Bonchev–Trinajstić information content (AvgIpc) is 3.74. The Morgan fingerprint density at radius 3 is 1.82 bits per heavy atom. The van der Waals surface area contributed by atoms with Crippen LogP contribution in [0.25, 0.3) is 75.1 Å². The van der Waals surface area contributed by atoms with Gasteiger partial charge in [0.15, 0.2) is 5.58 Å². The van der Waals surface area contributed by atoms with Crippen molar-refractivity contribution in [3.63, 3.8) is 0 Å². The average molecular weight is 644 g/mol. The number of para-hydroxylation sites is 1. The van der Waals surface area contributed by atoms with Crippen molar-refractivity contribution >= 4 is 81.3 Å². The highest BCUT2D eigenvalue weighted by Gasteiger charge is 2.22. The second kappa shape index (κ2) is 11.2. The molecule has 0 aliphatic carbocycles. The zero-order chi connectivity index (χ0) is 32.3. The lowest BCUT2D eigenvalue weighted by atomic mass is 9.95. The smallest absolute Gasteiger partial charge is 0.159 e. The molecule has 2 aromatic heterocycles. The highest BCUT2D eigenvalue weighted by atomic mass is 32.1. The Hall–Kier alpha value is -6.16. The Labute approximate surface area is 287 Å². The highest BCUT2D eigenvalue weighted by molar-refractivity contribution is 7.25. The van der Waals surface area contributed by atoms with Gasteiger partial charge in [0.25, 0.3) is 0 Å². The molecular weight excluding hydrogens is 615 g/mol. The molecule has 3 heteroatoms. The third kappa shape index (κ3) is 4.55. The van der Waals surface area contributed by atoms with E-state index in [-0.39, 0.29) is 0 Å². The van der Waals surface area contributed by atoms with E-state index >= 15 is 0 Å². The number of furan rings is 1. The maximum absolute atomic E-state index is 6.97. The minimum absolute atomic E-state index is 0.872. The van der Waals surface area contributed by atoms with Crippen molar-refractivity contribution in [3.05, 3.63) is 176 Å². The van der Waals surface area contributed by atoms with Crippen LogP contribution in [-0.4, -0.2) is 0 Å². The SMILES string of the molecule is c1ccc(-c2ccc(N(c3ccc4c(c3)sc3ccccc34)c3cccc4c3oc3cc(-c5ccccc5)c5ccccc5c34)cc2)cc1. The van der Waals surface area contributed by atoms with E-state index in [0.29, 0.717) is 0 Å². The normalized spacial score (nSPS) is 11.7. The molecule has 2 nitrogen and oxygen atoms in total. The van der Waals surface area contributed by atoms with Gasteiger partial charge >= 0.3 is 0 Å². The molecule has 0 aliphatic heterocycles. The second-order valence-corrected chi connectivity index (χ2v) is 13.6. The Kier molecular flexibility index (Phi) is 6.39. The third-order valence-corrected chi connectivity index (χ3v) is 10.8. The zero-order valence-corrected chi connectivity index (χ0v) is 27.3. The van der Waals surface area contributed by atoms with Gasteiger partial charge in [0, 0.05) is 42.3 Å². The van der Waals surface area contributed by atoms with Gasteiger partial charge in [-0.2, -0.15) is 0 Å². The quantitative estimate of drug-likeness (QED) is 0.186. The number of nitrogens with zero attached hydrogens (tertiary/aromatic N) is 1. The predicted octanol–water partition coefficient (Wildman–Crippen LogP) is 13.9. The predicted molar refractivity (Wildman–Crippen MR) is 210 cm³/mol. The monoisotopic (exact) mass is 643 g/mol. The molecule has 0 amide bonds. The zero-order valence-electron chi connectivity index (χ0n) is 26.5. The molecule has 0 atom stereocenters. The highest BCUT2D eigenvalue weighted by Crippen LogP contribution is 2.47. The molecule has 49 heavy (non-hydrogen) atoms. The molecule has 2 heterocycles. The van der Waals surface area contributed by atoms with Crippen molar-refractivity contribution in [2.45, 2.75) is 0 Å². The van der Waals surface area contributed by atoms with Crippen LogP contribution in [0.5, 0.6) is 0 Å². The Bertz CT molecular complexity index is 2810. The minimum atomic E-state index is 0.872. The molecule has 0 spiro atoms. The molecule has 0 fully saturated rings. The molecule has 0 saturated heterocycles. The molecule has 8 aromatic carbocycles. The van der Waals surface area contributed by atoms with E-state index < -0.39 is 0 Å². The van der Waals surface area contributed by atoms with E-state index in [9.17, 15) is 0 Å². The fourth-order valence-electron chi connectivity index (χ4n) is 7.39. The summed E-state index contributed by atoms with van der Waals surface area (Å²) in [7, 11) is 0. The maximum Gasteiger partial charge on any atom is 0.159 e. The number of fused-ring (bicyclic) bond motifs is 8. The molecular formula is C46H29NOS. The van der Waals surface area contributed by atoms with Crippen molar-refractivity contribution in [1.82, 2.24) is 0 Å². The molecule has 10 aromatic rings. The van der Waals surface area contributed by atoms with Crippen molar-refractivity contribution in [2.24, 2.45) is 0 Å². The summed E-state index contributed by atoms with van der Waals surface area (Å²) >= 11 is 1.84. The van der Waals surface area contributed by atoms with Gasteiger partial charge in [0.05, 0.1) is 5.69 Å². The third-order valence-electron chi connectivity index (χ3n) is 9.66. The van der Waals surface area contributed by atoms with Crippen LogP contribution >= 0.6 is 11.3 Å². The van der Waals surface area contributed by atoms with Gasteiger partial charge in [-0.1, -0.05) is 133 Å². The Balaban J connectivity index is 1.22. The van der Waals surface area contributed by atoms with Crippen LogP contribution in [0.2, 0.25) is 0 Å². The van der Waals surface area contributed by atoms with Crippen LogP contribution in [0.1, 0.15) is 0 Å². The van der Waals surface area contributed by atoms with Crippen LogP contribution < -0.4 is 4.90 Å². The van der Waals surface area contributed by atoms with Crippen LogP contribution in [-0.2, 0) is 0 Å². The first-order chi connectivity index (χ1) is 24.3. The van der Waals surface area contributed by atoms with Gasteiger partial charge in [-0.3, -0.25) is 0 Å². The van der Waals surface area contributed by atoms with E-state index in [1.165, 1.54) is 53.2 Å². The fourth-order valence-corrected chi connectivity index (χ4v) is 8.53. The van der Waals surface area contributed by atoms with E-state index in [4.69, 9.17) is 4.42 Å². The number of hydrogen-bond donors (Lipinski definition) is 0. The lowest BCUT2D eigenvalue weighted by molar-refractivity contribution is 0.669. The summed E-state index contributed by atoms with van der Waals surface area (Å²) in [4.78, 5) is 2.35. The van der Waals surface area contributed by atoms with Crippen molar-refractivity contribution in [1.29, 1.82) is 0 Å². The van der Waals surface area contributed by atoms with Crippen molar-refractivity contribution < 1.29 is 4.42 Å². The molecule has 0 saturated carbocycles. The molecule has 230 valence electrons. The minimum Gasteiger partial charge on any atom is -0.454 e. The molecule has 10 rings (SSSR count). The Morgan fingerprint density at radius 1 is 0.408 bits per heavy atom. The summed E-state index contributed by atoms with van der Waals surface area (Å²) in [6.45, 7) is 0. The van der Waals surface area contributed by atoms with Crippen LogP contribution in [0.4, 0.5) is 17.1 Å². The number of thiophene rings is 1. The number of hydrogen-bond acceptors (Lipinski definition) is 3. The molecule has 0 N–H and O–H groups in total. The van der Waals surface area contributed by atoms with E-state index in [0.717, 1.165) is 39.0 Å². The van der Waals surface area contributed by atoms with Crippen LogP contribution in [0.15, 0.2) is 180 Å². The van der Waals surface area contributed by atoms with Gasteiger partial charge < -0.3 is 9.32 Å². The summed E-state index contributed by atoms with van der Waals surface area (Å²) in [5, 5.41) is 7.25. The van der Waals surface area contributed by atoms with Gasteiger partial charge in [0.1, 0.15) is 5.58 Å². The number of benzene rings is 8. The molecule has 0 aliphatic rings. The van der Waals surface area contributed by atoms with Crippen LogP contribution in [0.3, 0.4) is 0 Å². The van der Waals surface area contributed by atoms with Crippen molar-refractivity contribution in [3.8, 4) is 22.3 Å². The van der Waals surface area contributed by atoms with Crippen molar-refractivity contribution in [2.75, 3.05) is 4.90 Å². The van der Waals surface area contributed by atoms with E-state index in [1.54, 1.807) is 0 Å². The van der Waals surface area contributed by atoms with Crippen LogP contribution in [0, 0.1) is 0 Å². The summed E-state index contributed by atoms with van der Waals surface area (Å²) in [6, 6.07) is 63.0. The van der Waals surface area contributed by atoms with Gasteiger partial charge in [-0.05, 0) is 75.5 Å². The molecule has 0 unspecified atom stereocenters. The lowest BCUT2D eigenvalue weighted by Gasteiger charge is -2.26. The fraction of sp³-hybridized carbons (Fsp3) is 0. The first-order valence-corrected chi connectivity index (χ1v) is 17.4. The van der Waals surface area contributed by atoms with E-state index in [2.05, 4.69) is 181 Å². The largest absolute Gasteiger partial charge is 0.454 e. The summed E-state index contributed by atoms with van der Waals surface area (Å²) < 4.78 is 9.53. The molecule has 0 radical (unpaired) electrons. The maximum atomic E-state index is 6.97. The van der Waals surface area contributed by atoms with Gasteiger partial charge in [-0.15, -0.1) is 11.3 Å². The Morgan fingerprint density at radius 2 is 1.02 bits per heavy atom. The second-order valence-electron chi connectivity index (χ2n) is 12.5. The van der Waals surface area contributed by atoms with E-state index in [1.807, 2.05) is 11.3 Å².